The Morgan fingerprint density at radius 1 is 1.38 bits per heavy atom. The number of hydrogen-bond donors (Lipinski definition) is 1. The van der Waals surface area contributed by atoms with Crippen LogP contribution in [-0.4, -0.2) is 14.8 Å². The normalized spacial score (nSPS) is 11.4. The number of nitrogens with one attached hydrogen (secondary N) is 1. The average molecular weight is 217 g/mol. The van der Waals surface area contributed by atoms with Gasteiger partial charge in [-0.3, -0.25) is 9.48 Å². The van der Waals surface area contributed by atoms with Crippen LogP contribution in [0.25, 0.3) is 21.8 Å². The van der Waals surface area contributed by atoms with Crippen LogP contribution in [0.4, 0.5) is 4.39 Å². The number of pyridine rings is 1. The van der Waals surface area contributed by atoms with E-state index in [1.165, 1.54) is 6.07 Å². The monoisotopic (exact) mass is 217 g/mol. The first-order chi connectivity index (χ1) is 7.66. The highest BCUT2D eigenvalue weighted by Crippen LogP contribution is 2.20. The maximum atomic E-state index is 13.5. The topological polar surface area (TPSA) is 50.7 Å². The predicted molar refractivity (Wildman–Crippen MR) is 58.8 cm³/mol. The van der Waals surface area contributed by atoms with Gasteiger partial charge in [0.2, 0.25) is 0 Å². The number of rotatable bonds is 0. The lowest BCUT2D eigenvalue weighted by Crippen LogP contribution is -2.06. The van der Waals surface area contributed by atoms with Gasteiger partial charge in [0.25, 0.3) is 5.56 Å². The average Bonchev–Trinajstić information content (AvgIpc) is 2.63. The highest BCUT2D eigenvalue weighted by Gasteiger charge is 2.10. The molecule has 3 aromatic rings. The molecular formula is C11H8FN3O. The minimum Gasteiger partial charge on any atom is -0.319 e. The first-order valence-corrected chi connectivity index (χ1v) is 4.80. The second-order valence-electron chi connectivity index (χ2n) is 3.68. The molecule has 0 saturated heterocycles. The van der Waals surface area contributed by atoms with Gasteiger partial charge in [0, 0.05) is 18.6 Å². The summed E-state index contributed by atoms with van der Waals surface area (Å²) in [5, 5.41) is 5.27. The molecule has 0 fully saturated rings. The Kier molecular flexibility index (Phi) is 1.65. The summed E-state index contributed by atoms with van der Waals surface area (Å²) in [6, 6.07) is 4.65. The van der Waals surface area contributed by atoms with Crippen LogP contribution in [0.1, 0.15) is 0 Å². The summed E-state index contributed by atoms with van der Waals surface area (Å²) in [5.74, 6) is -0.442. The number of benzene rings is 1. The highest BCUT2D eigenvalue weighted by molar-refractivity contribution is 6.02. The summed E-state index contributed by atoms with van der Waals surface area (Å²) in [7, 11) is 1.73. The van der Waals surface area contributed by atoms with Crippen LogP contribution in [-0.2, 0) is 7.05 Å². The van der Waals surface area contributed by atoms with Crippen molar-refractivity contribution in [2.45, 2.75) is 0 Å². The number of para-hydroxylation sites is 1. The van der Waals surface area contributed by atoms with Gasteiger partial charge in [0.15, 0.2) is 0 Å². The molecule has 0 aliphatic rings. The van der Waals surface area contributed by atoms with Crippen LogP contribution >= 0.6 is 0 Å². The van der Waals surface area contributed by atoms with E-state index in [0.29, 0.717) is 16.3 Å². The molecule has 0 spiro atoms. The third-order valence-electron chi connectivity index (χ3n) is 2.58. The van der Waals surface area contributed by atoms with Crippen molar-refractivity contribution in [3.05, 3.63) is 40.6 Å². The van der Waals surface area contributed by atoms with Crippen LogP contribution < -0.4 is 5.56 Å². The van der Waals surface area contributed by atoms with E-state index in [-0.39, 0.29) is 11.1 Å². The van der Waals surface area contributed by atoms with Crippen molar-refractivity contribution >= 4 is 21.8 Å². The van der Waals surface area contributed by atoms with Crippen molar-refractivity contribution in [2.24, 2.45) is 7.05 Å². The van der Waals surface area contributed by atoms with Crippen LogP contribution in [0.2, 0.25) is 0 Å². The van der Waals surface area contributed by atoms with E-state index in [4.69, 9.17) is 0 Å². The largest absolute Gasteiger partial charge is 0.319 e. The predicted octanol–water partition coefficient (Wildman–Crippen LogP) is 1.55. The number of H-pyrrole nitrogens is 1. The second-order valence-corrected chi connectivity index (χ2v) is 3.68. The molecule has 0 radical (unpaired) electrons. The van der Waals surface area contributed by atoms with Gasteiger partial charge in [-0.05, 0) is 6.07 Å². The molecule has 0 atom stereocenters. The van der Waals surface area contributed by atoms with Crippen LogP contribution in [0.3, 0.4) is 0 Å². The summed E-state index contributed by atoms with van der Waals surface area (Å²) in [6.45, 7) is 0. The van der Waals surface area contributed by atoms with E-state index < -0.39 is 5.82 Å². The molecule has 1 aromatic carbocycles. The van der Waals surface area contributed by atoms with Gasteiger partial charge in [-0.25, -0.2) is 4.39 Å². The molecule has 4 nitrogen and oxygen atoms in total. The minimum absolute atomic E-state index is 0.207. The first kappa shape index (κ1) is 9.08. The van der Waals surface area contributed by atoms with Gasteiger partial charge >= 0.3 is 0 Å². The number of hydrogen-bond acceptors (Lipinski definition) is 2. The molecule has 0 aliphatic heterocycles. The molecule has 2 aromatic heterocycles. The molecular weight excluding hydrogens is 209 g/mol. The fourth-order valence-corrected chi connectivity index (χ4v) is 1.88. The fourth-order valence-electron chi connectivity index (χ4n) is 1.88. The minimum atomic E-state index is -0.442. The Morgan fingerprint density at radius 3 is 3.00 bits per heavy atom. The molecule has 0 bridgehead atoms. The van der Waals surface area contributed by atoms with Crippen LogP contribution in [0, 0.1) is 5.82 Å². The zero-order valence-electron chi connectivity index (χ0n) is 8.49. The number of halogens is 1. The SMILES string of the molecule is Cn1cc2c(=O)[nH]c3c(F)cccc3c2n1. The van der Waals surface area contributed by atoms with E-state index in [0.717, 1.165) is 0 Å². The summed E-state index contributed by atoms with van der Waals surface area (Å²) < 4.78 is 15.0. The summed E-state index contributed by atoms with van der Waals surface area (Å²) in [4.78, 5) is 14.2. The number of fused-ring (bicyclic) bond motifs is 3. The molecule has 1 N–H and O–H groups in total. The Labute approximate surface area is 89.3 Å². The Bertz CT molecular complexity index is 757. The zero-order chi connectivity index (χ0) is 11.3. The van der Waals surface area contributed by atoms with E-state index in [1.807, 2.05) is 0 Å². The van der Waals surface area contributed by atoms with E-state index in [2.05, 4.69) is 10.1 Å². The molecule has 0 unspecified atom stereocenters. The Balaban J connectivity index is 2.69. The van der Waals surface area contributed by atoms with Crippen molar-refractivity contribution in [3.8, 4) is 0 Å². The zero-order valence-corrected chi connectivity index (χ0v) is 8.49. The number of aromatic amines is 1. The summed E-state index contributed by atoms with van der Waals surface area (Å²) >= 11 is 0. The summed E-state index contributed by atoms with van der Waals surface area (Å²) in [6.07, 6.45) is 1.62. The number of nitrogens with zero attached hydrogens (tertiary/aromatic N) is 2. The number of aromatic nitrogens is 3. The maximum Gasteiger partial charge on any atom is 0.259 e. The number of aryl methyl sites for hydroxylation is 1. The van der Waals surface area contributed by atoms with Gasteiger partial charge < -0.3 is 4.98 Å². The molecule has 2 heterocycles. The fraction of sp³-hybridized carbons (Fsp3) is 0.0909. The van der Waals surface area contributed by atoms with E-state index in [9.17, 15) is 9.18 Å². The smallest absolute Gasteiger partial charge is 0.259 e. The highest BCUT2D eigenvalue weighted by atomic mass is 19.1. The van der Waals surface area contributed by atoms with Gasteiger partial charge in [-0.2, -0.15) is 5.10 Å². The van der Waals surface area contributed by atoms with Gasteiger partial charge in [0.05, 0.1) is 10.9 Å². The lowest BCUT2D eigenvalue weighted by atomic mass is 10.1. The third-order valence-corrected chi connectivity index (χ3v) is 2.58. The standard InChI is InChI=1S/C11H8FN3O/c1-15-5-7-9(14-15)6-3-2-4-8(12)10(6)13-11(7)16/h2-5H,1H3,(H,13,16). The van der Waals surface area contributed by atoms with Crippen molar-refractivity contribution in [3.63, 3.8) is 0 Å². The van der Waals surface area contributed by atoms with Gasteiger partial charge in [-0.1, -0.05) is 12.1 Å². The molecule has 0 amide bonds. The van der Waals surface area contributed by atoms with Crippen LogP contribution in [0.15, 0.2) is 29.2 Å². The Morgan fingerprint density at radius 2 is 2.19 bits per heavy atom. The summed E-state index contributed by atoms with van der Waals surface area (Å²) in [5.41, 5.74) is 0.417. The molecule has 0 aliphatic carbocycles. The van der Waals surface area contributed by atoms with E-state index >= 15 is 0 Å². The van der Waals surface area contributed by atoms with Crippen molar-refractivity contribution < 1.29 is 4.39 Å². The molecule has 5 heteroatoms. The molecule has 0 saturated carbocycles. The maximum absolute atomic E-state index is 13.5. The van der Waals surface area contributed by atoms with Crippen LogP contribution in [0.5, 0.6) is 0 Å². The quantitative estimate of drug-likeness (QED) is 0.621. The first-order valence-electron chi connectivity index (χ1n) is 4.80. The molecule has 80 valence electrons. The third kappa shape index (κ3) is 1.08. The van der Waals surface area contributed by atoms with Crippen molar-refractivity contribution in [2.75, 3.05) is 0 Å². The second kappa shape index (κ2) is 2.91. The molecule has 3 rings (SSSR count). The van der Waals surface area contributed by atoms with Gasteiger partial charge in [-0.15, -0.1) is 0 Å². The Hall–Kier alpha value is -2.17. The lowest BCUT2D eigenvalue weighted by molar-refractivity contribution is 0.636. The lowest BCUT2D eigenvalue weighted by Gasteiger charge is -1.98. The van der Waals surface area contributed by atoms with Crippen molar-refractivity contribution in [1.82, 2.24) is 14.8 Å². The van der Waals surface area contributed by atoms with Crippen molar-refractivity contribution in [1.29, 1.82) is 0 Å². The van der Waals surface area contributed by atoms with Gasteiger partial charge in [0.1, 0.15) is 11.3 Å². The van der Waals surface area contributed by atoms with E-state index in [1.54, 1.807) is 30.1 Å². The molecule has 16 heavy (non-hydrogen) atoms.